The summed E-state index contributed by atoms with van der Waals surface area (Å²) in [5.41, 5.74) is 3.11. The Labute approximate surface area is 112 Å². The van der Waals surface area contributed by atoms with Crippen molar-refractivity contribution in [3.05, 3.63) is 35.4 Å². The van der Waals surface area contributed by atoms with Crippen LogP contribution in [-0.4, -0.2) is 24.5 Å². The van der Waals surface area contributed by atoms with Gasteiger partial charge in [-0.1, -0.05) is 37.6 Å². The molecule has 0 aromatic heterocycles. The summed E-state index contributed by atoms with van der Waals surface area (Å²) in [6, 6.07) is 8.93. The molecule has 1 aromatic rings. The van der Waals surface area contributed by atoms with Gasteiger partial charge in [-0.25, -0.2) is 0 Å². The molecule has 0 radical (unpaired) electrons. The van der Waals surface area contributed by atoms with E-state index < -0.39 is 0 Å². The van der Waals surface area contributed by atoms with Gasteiger partial charge in [0.25, 0.3) is 0 Å². The molecule has 1 heterocycles. The standard InChI is InChI=1S/C17H27N/c1-2-16-10-4-5-11-17(16)12-6-9-15-18-13-7-3-8-14-18/h4-5,10-11H,2-3,6-9,12-15H2,1H3. The number of aryl methyl sites for hydroxylation is 2. The molecule has 18 heavy (non-hydrogen) atoms. The first-order chi connectivity index (χ1) is 8.90. The molecule has 0 aliphatic carbocycles. The first-order valence-corrected chi connectivity index (χ1v) is 7.69. The predicted molar refractivity (Wildman–Crippen MR) is 79.0 cm³/mol. The molecular weight excluding hydrogens is 218 g/mol. The molecule has 0 N–H and O–H groups in total. The monoisotopic (exact) mass is 245 g/mol. The third kappa shape index (κ3) is 4.13. The van der Waals surface area contributed by atoms with Crippen LogP contribution in [0, 0.1) is 0 Å². The molecule has 1 saturated heterocycles. The summed E-state index contributed by atoms with van der Waals surface area (Å²) in [4.78, 5) is 2.65. The van der Waals surface area contributed by atoms with Gasteiger partial charge in [0.05, 0.1) is 0 Å². The molecule has 1 fully saturated rings. The van der Waals surface area contributed by atoms with Crippen molar-refractivity contribution in [3.63, 3.8) is 0 Å². The van der Waals surface area contributed by atoms with Crippen LogP contribution in [0.1, 0.15) is 50.2 Å². The van der Waals surface area contributed by atoms with Crippen LogP contribution in [0.4, 0.5) is 0 Å². The lowest BCUT2D eigenvalue weighted by Gasteiger charge is -2.26. The van der Waals surface area contributed by atoms with Gasteiger partial charge in [-0.15, -0.1) is 0 Å². The molecule has 100 valence electrons. The smallest absolute Gasteiger partial charge is 0.00186 e. The Hall–Kier alpha value is -0.820. The van der Waals surface area contributed by atoms with Crippen molar-refractivity contribution in [2.75, 3.05) is 19.6 Å². The van der Waals surface area contributed by atoms with Crippen LogP contribution < -0.4 is 0 Å². The lowest BCUT2D eigenvalue weighted by molar-refractivity contribution is 0.225. The zero-order chi connectivity index (χ0) is 12.6. The second-order valence-corrected chi connectivity index (χ2v) is 5.48. The van der Waals surface area contributed by atoms with E-state index in [1.165, 1.54) is 70.1 Å². The summed E-state index contributed by atoms with van der Waals surface area (Å²) in [7, 11) is 0. The Morgan fingerprint density at radius 1 is 0.944 bits per heavy atom. The second kappa shape index (κ2) is 7.58. The third-order valence-corrected chi connectivity index (χ3v) is 4.12. The molecule has 0 spiro atoms. The minimum Gasteiger partial charge on any atom is -0.303 e. The van der Waals surface area contributed by atoms with Gasteiger partial charge in [0.15, 0.2) is 0 Å². The summed E-state index contributed by atoms with van der Waals surface area (Å²) in [6.07, 6.45) is 9.41. The fraction of sp³-hybridized carbons (Fsp3) is 0.647. The number of likely N-dealkylation sites (tertiary alicyclic amines) is 1. The van der Waals surface area contributed by atoms with E-state index in [1.807, 2.05) is 0 Å². The molecule has 1 nitrogen and oxygen atoms in total. The van der Waals surface area contributed by atoms with Gasteiger partial charge in [0.1, 0.15) is 0 Å². The van der Waals surface area contributed by atoms with E-state index in [4.69, 9.17) is 0 Å². The normalized spacial score (nSPS) is 16.9. The van der Waals surface area contributed by atoms with Crippen molar-refractivity contribution < 1.29 is 0 Å². The predicted octanol–water partition coefficient (Wildman–Crippen LogP) is 4.06. The minimum absolute atomic E-state index is 1.17. The van der Waals surface area contributed by atoms with Gasteiger partial charge < -0.3 is 4.90 Å². The molecule has 0 amide bonds. The highest BCUT2D eigenvalue weighted by molar-refractivity contribution is 5.26. The molecule has 0 bridgehead atoms. The van der Waals surface area contributed by atoms with E-state index in [0.29, 0.717) is 0 Å². The lowest BCUT2D eigenvalue weighted by Crippen LogP contribution is -2.30. The van der Waals surface area contributed by atoms with Crippen LogP contribution in [-0.2, 0) is 12.8 Å². The van der Waals surface area contributed by atoms with Crippen molar-refractivity contribution in [1.29, 1.82) is 0 Å². The van der Waals surface area contributed by atoms with Gasteiger partial charge in [-0.2, -0.15) is 0 Å². The van der Waals surface area contributed by atoms with Crippen molar-refractivity contribution in [2.45, 2.75) is 51.9 Å². The average Bonchev–Trinajstić information content (AvgIpc) is 2.45. The molecule has 1 aromatic carbocycles. The highest BCUT2D eigenvalue weighted by Gasteiger charge is 2.09. The Balaban J connectivity index is 1.68. The highest BCUT2D eigenvalue weighted by atomic mass is 15.1. The molecular formula is C17H27N. The first kappa shape index (κ1) is 13.6. The molecule has 1 aliphatic heterocycles. The van der Waals surface area contributed by atoms with Crippen molar-refractivity contribution in [2.24, 2.45) is 0 Å². The number of unbranched alkanes of at least 4 members (excludes halogenated alkanes) is 1. The van der Waals surface area contributed by atoms with Gasteiger partial charge in [-0.3, -0.25) is 0 Å². The number of nitrogens with zero attached hydrogens (tertiary/aromatic N) is 1. The SMILES string of the molecule is CCc1ccccc1CCCCN1CCCCC1. The Bertz CT molecular complexity index is 339. The van der Waals surface area contributed by atoms with Crippen LogP contribution >= 0.6 is 0 Å². The molecule has 0 saturated carbocycles. The van der Waals surface area contributed by atoms with E-state index in [-0.39, 0.29) is 0 Å². The first-order valence-electron chi connectivity index (χ1n) is 7.69. The third-order valence-electron chi connectivity index (χ3n) is 4.12. The van der Waals surface area contributed by atoms with Crippen LogP contribution in [0.5, 0.6) is 0 Å². The number of piperidine rings is 1. The lowest BCUT2D eigenvalue weighted by atomic mass is 10.00. The summed E-state index contributed by atoms with van der Waals surface area (Å²) in [5.74, 6) is 0. The largest absolute Gasteiger partial charge is 0.303 e. The molecule has 0 atom stereocenters. The Kier molecular flexibility index (Phi) is 5.73. The van der Waals surface area contributed by atoms with Crippen molar-refractivity contribution >= 4 is 0 Å². The van der Waals surface area contributed by atoms with Crippen LogP contribution in [0.25, 0.3) is 0 Å². The number of rotatable bonds is 6. The summed E-state index contributed by atoms with van der Waals surface area (Å²) in [6.45, 7) is 6.25. The number of hydrogen-bond donors (Lipinski definition) is 0. The Morgan fingerprint density at radius 2 is 1.67 bits per heavy atom. The zero-order valence-electron chi connectivity index (χ0n) is 11.8. The number of benzene rings is 1. The Morgan fingerprint density at radius 3 is 2.39 bits per heavy atom. The summed E-state index contributed by atoms with van der Waals surface area (Å²) >= 11 is 0. The number of hydrogen-bond acceptors (Lipinski definition) is 1. The van der Waals surface area contributed by atoms with Crippen molar-refractivity contribution in [1.82, 2.24) is 4.90 Å². The van der Waals surface area contributed by atoms with E-state index in [1.54, 1.807) is 5.56 Å². The topological polar surface area (TPSA) is 3.24 Å². The van der Waals surface area contributed by atoms with E-state index in [9.17, 15) is 0 Å². The maximum absolute atomic E-state index is 2.65. The zero-order valence-corrected chi connectivity index (χ0v) is 11.8. The molecule has 1 aliphatic rings. The van der Waals surface area contributed by atoms with Crippen LogP contribution in [0.3, 0.4) is 0 Å². The fourth-order valence-corrected chi connectivity index (χ4v) is 2.98. The van der Waals surface area contributed by atoms with E-state index in [2.05, 4.69) is 36.1 Å². The maximum Gasteiger partial charge on any atom is -0.00186 e. The second-order valence-electron chi connectivity index (χ2n) is 5.48. The van der Waals surface area contributed by atoms with Gasteiger partial charge >= 0.3 is 0 Å². The molecule has 2 rings (SSSR count). The van der Waals surface area contributed by atoms with Gasteiger partial charge in [-0.05, 0) is 69.3 Å². The van der Waals surface area contributed by atoms with Crippen molar-refractivity contribution in [3.8, 4) is 0 Å². The maximum atomic E-state index is 2.65. The fourth-order valence-electron chi connectivity index (χ4n) is 2.98. The molecule has 0 unspecified atom stereocenters. The highest BCUT2D eigenvalue weighted by Crippen LogP contribution is 2.14. The quantitative estimate of drug-likeness (QED) is 0.683. The van der Waals surface area contributed by atoms with E-state index >= 15 is 0 Å². The summed E-state index contributed by atoms with van der Waals surface area (Å²) in [5, 5.41) is 0. The molecule has 1 heteroatoms. The van der Waals surface area contributed by atoms with Crippen LogP contribution in [0.15, 0.2) is 24.3 Å². The van der Waals surface area contributed by atoms with Gasteiger partial charge in [0.2, 0.25) is 0 Å². The van der Waals surface area contributed by atoms with E-state index in [0.717, 1.165) is 0 Å². The van der Waals surface area contributed by atoms with Crippen LogP contribution in [0.2, 0.25) is 0 Å². The average molecular weight is 245 g/mol. The van der Waals surface area contributed by atoms with Gasteiger partial charge in [0, 0.05) is 0 Å². The minimum atomic E-state index is 1.17. The summed E-state index contributed by atoms with van der Waals surface area (Å²) < 4.78 is 0.